The van der Waals surface area contributed by atoms with Crippen molar-refractivity contribution in [3.8, 4) is 17.2 Å². The largest absolute Gasteiger partial charge is 0.484 e. The maximum Gasteiger partial charge on any atom is 0.260 e. The van der Waals surface area contributed by atoms with Gasteiger partial charge in [0.25, 0.3) is 5.91 Å². The van der Waals surface area contributed by atoms with Crippen LogP contribution < -0.4 is 9.47 Å². The van der Waals surface area contributed by atoms with Crippen LogP contribution in [0.1, 0.15) is 13.8 Å². The van der Waals surface area contributed by atoms with Gasteiger partial charge in [0.1, 0.15) is 17.2 Å². The molecular formula is C20H23NO4. The second-order valence-corrected chi connectivity index (χ2v) is 6.23. The average molecular weight is 341 g/mol. The van der Waals surface area contributed by atoms with E-state index in [1.807, 2.05) is 56.3 Å². The van der Waals surface area contributed by atoms with E-state index in [4.69, 9.17) is 14.2 Å². The number of amides is 1. The predicted octanol–water partition coefficient (Wildman–Crippen LogP) is 3.49. The van der Waals surface area contributed by atoms with E-state index < -0.39 is 0 Å². The van der Waals surface area contributed by atoms with Crippen molar-refractivity contribution in [3.05, 3.63) is 54.6 Å². The maximum absolute atomic E-state index is 12.3. The minimum atomic E-state index is -0.0217. The highest BCUT2D eigenvalue weighted by Gasteiger charge is 2.25. The van der Waals surface area contributed by atoms with E-state index in [1.54, 1.807) is 17.0 Å². The van der Waals surface area contributed by atoms with Crippen LogP contribution in [0.25, 0.3) is 0 Å². The molecule has 0 aliphatic carbocycles. The van der Waals surface area contributed by atoms with Gasteiger partial charge in [-0.2, -0.15) is 0 Å². The molecule has 1 aliphatic rings. The Balaban J connectivity index is 1.51. The van der Waals surface area contributed by atoms with Crippen LogP contribution in [0.3, 0.4) is 0 Å². The first kappa shape index (κ1) is 17.3. The summed E-state index contributed by atoms with van der Waals surface area (Å²) < 4.78 is 17.0. The van der Waals surface area contributed by atoms with E-state index in [-0.39, 0.29) is 24.7 Å². The van der Waals surface area contributed by atoms with Crippen LogP contribution in [0.5, 0.6) is 17.2 Å². The van der Waals surface area contributed by atoms with Gasteiger partial charge in [0.05, 0.1) is 12.2 Å². The van der Waals surface area contributed by atoms with Gasteiger partial charge in [0.2, 0.25) is 0 Å². The van der Waals surface area contributed by atoms with Gasteiger partial charge in [0, 0.05) is 13.1 Å². The van der Waals surface area contributed by atoms with Crippen LogP contribution in [-0.4, -0.2) is 42.7 Å². The van der Waals surface area contributed by atoms with Crippen LogP contribution in [-0.2, 0) is 9.53 Å². The number of nitrogens with zero attached hydrogens (tertiary/aromatic N) is 1. The average Bonchev–Trinajstić information content (AvgIpc) is 2.61. The van der Waals surface area contributed by atoms with Crippen LogP contribution in [0.4, 0.5) is 0 Å². The van der Waals surface area contributed by atoms with Crippen LogP contribution >= 0.6 is 0 Å². The fourth-order valence-electron chi connectivity index (χ4n) is 2.85. The summed E-state index contributed by atoms with van der Waals surface area (Å²) >= 11 is 0. The molecule has 2 atom stereocenters. The van der Waals surface area contributed by atoms with E-state index >= 15 is 0 Å². The molecule has 0 aromatic heterocycles. The van der Waals surface area contributed by atoms with Crippen molar-refractivity contribution in [2.75, 3.05) is 19.7 Å². The Hall–Kier alpha value is -2.53. The SMILES string of the molecule is CC1CN(C(=O)COc2ccc(Oc3ccccc3)cc2)CC(C)O1. The normalized spacial score (nSPS) is 20.2. The Morgan fingerprint density at radius 2 is 1.52 bits per heavy atom. The number of rotatable bonds is 5. The molecule has 132 valence electrons. The molecule has 5 heteroatoms. The third-order valence-corrected chi connectivity index (χ3v) is 3.94. The molecule has 2 aromatic carbocycles. The van der Waals surface area contributed by atoms with Gasteiger partial charge in [-0.25, -0.2) is 0 Å². The van der Waals surface area contributed by atoms with Gasteiger partial charge in [-0.05, 0) is 50.2 Å². The number of para-hydroxylation sites is 1. The molecule has 1 heterocycles. The molecule has 3 rings (SSSR count). The molecule has 25 heavy (non-hydrogen) atoms. The lowest BCUT2D eigenvalue weighted by molar-refractivity contribution is -0.145. The second-order valence-electron chi connectivity index (χ2n) is 6.23. The van der Waals surface area contributed by atoms with Crippen molar-refractivity contribution in [2.24, 2.45) is 0 Å². The van der Waals surface area contributed by atoms with Gasteiger partial charge >= 0.3 is 0 Å². The molecule has 0 radical (unpaired) electrons. The van der Waals surface area contributed by atoms with E-state index in [2.05, 4.69) is 0 Å². The first-order valence-electron chi connectivity index (χ1n) is 8.49. The number of hydrogen-bond donors (Lipinski definition) is 0. The Morgan fingerprint density at radius 1 is 0.960 bits per heavy atom. The third-order valence-electron chi connectivity index (χ3n) is 3.94. The lowest BCUT2D eigenvalue weighted by atomic mass is 10.2. The number of carbonyl (C=O) groups excluding carboxylic acids is 1. The summed E-state index contributed by atoms with van der Waals surface area (Å²) in [5.41, 5.74) is 0. The molecule has 0 N–H and O–H groups in total. The van der Waals surface area contributed by atoms with Gasteiger partial charge < -0.3 is 19.1 Å². The number of benzene rings is 2. The van der Waals surface area contributed by atoms with Crippen LogP contribution in [0.2, 0.25) is 0 Å². The summed E-state index contributed by atoms with van der Waals surface area (Å²) in [5, 5.41) is 0. The van der Waals surface area contributed by atoms with Crippen molar-refractivity contribution in [3.63, 3.8) is 0 Å². The topological polar surface area (TPSA) is 48.0 Å². The summed E-state index contributed by atoms with van der Waals surface area (Å²) in [7, 11) is 0. The highest BCUT2D eigenvalue weighted by Crippen LogP contribution is 2.23. The lowest BCUT2D eigenvalue weighted by Gasteiger charge is -2.35. The summed E-state index contributed by atoms with van der Waals surface area (Å²) in [4.78, 5) is 14.1. The first-order chi connectivity index (χ1) is 12.1. The zero-order valence-electron chi connectivity index (χ0n) is 14.6. The van der Waals surface area contributed by atoms with E-state index in [0.29, 0.717) is 18.8 Å². The minimum absolute atomic E-state index is 0.0217. The van der Waals surface area contributed by atoms with Crippen LogP contribution in [0, 0.1) is 0 Å². The summed E-state index contributed by atoms with van der Waals surface area (Å²) in [6, 6.07) is 16.8. The molecule has 5 nitrogen and oxygen atoms in total. The zero-order valence-corrected chi connectivity index (χ0v) is 14.6. The lowest BCUT2D eigenvalue weighted by Crippen LogP contribution is -2.49. The first-order valence-corrected chi connectivity index (χ1v) is 8.49. The molecule has 0 bridgehead atoms. The molecule has 1 saturated heterocycles. The molecule has 1 aliphatic heterocycles. The Morgan fingerprint density at radius 3 is 2.16 bits per heavy atom. The van der Waals surface area contributed by atoms with Crippen molar-refractivity contribution in [1.29, 1.82) is 0 Å². The maximum atomic E-state index is 12.3. The third kappa shape index (κ3) is 4.97. The van der Waals surface area contributed by atoms with Gasteiger partial charge in [-0.1, -0.05) is 18.2 Å². The standard InChI is InChI=1S/C20H23NO4/c1-15-12-21(13-16(2)24-15)20(22)14-23-17-8-10-19(11-9-17)25-18-6-4-3-5-7-18/h3-11,15-16H,12-14H2,1-2H3. The summed E-state index contributed by atoms with van der Waals surface area (Å²) in [6.07, 6.45) is 0.115. The molecule has 0 saturated carbocycles. The molecule has 0 spiro atoms. The fraction of sp³-hybridized carbons (Fsp3) is 0.350. The summed E-state index contributed by atoms with van der Waals surface area (Å²) in [5.74, 6) is 2.12. The Kier molecular flexibility index (Phi) is 5.56. The van der Waals surface area contributed by atoms with E-state index in [0.717, 1.165) is 11.5 Å². The molecular weight excluding hydrogens is 318 g/mol. The molecule has 2 unspecified atom stereocenters. The molecule has 2 aromatic rings. The second kappa shape index (κ2) is 8.03. The fourth-order valence-corrected chi connectivity index (χ4v) is 2.85. The van der Waals surface area contributed by atoms with E-state index in [1.165, 1.54) is 0 Å². The number of morpholine rings is 1. The minimum Gasteiger partial charge on any atom is -0.484 e. The monoisotopic (exact) mass is 341 g/mol. The van der Waals surface area contributed by atoms with Gasteiger partial charge in [-0.15, -0.1) is 0 Å². The highest BCUT2D eigenvalue weighted by atomic mass is 16.5. The van der Waals surface area contributed by atoms with Crippen molar-refractivity contribution >= 4 is 5.91 Å². The molecule has 1 amide bonds. The number of carbonyl (C=O) groups is 1. The van der Waals surface area contributed by atoms with Crippen molar-refractivity contribution in [2.45, 2.75) is 26.1 Å². The van der Waals surface area contributed by atoms with Crippen LogP contribution in [0.15, 0.2) is 54.6 Å². The zero-order chi connectivity index (χ0) is 17.6. The van der Waals surface area contributed by atoms with Gasteiger partial charge in [-0.3, -0.25) is 4.79 Å². The van der Waals surface area contributed by atoms with Crippen molar-refractivity contribution in [1.82, 2.24) is 4.90 Å². The van der Waals surface area contributed by atoms with Crippen molar-refractivity contribution < 1.29 is 19.0 Å². The smallest absolute Gasteiger partial charge is 0.260 e. The summed E-state index contributed by atoms with van der Waals surface area (Å²) in [6.45, 7) is 5.19. The van der Waals surface area contributed by atoms with Gasteiger partial charge in [0.15, 0.2) is 6.61 Å². The Bertz CT molecular complexity index is 677. The highest BCUT2D eigenvalue weighted by molar-refractivity contribution is 5.78. The quantitative estimate of drug-likeness (QED) is 0.835. The number of hydrogen-bond acceptors (Lipinski definition) is 4. The van der Waals surface area contributed by atoms with E-state index in [9.17, 15) is 4.79 Å². The molecule has 1 fully saturated rings. The Labute approximate surface area is 148 Å². The predicted molar refractivity (Wildman–Crippen MR) is 95.0 cm³/mol. The number of ether oxygens (including phenoxy) is 3.